The summed E-state index contributed by atoms with van der Waals surface area (Å²) in [6.45, 7) is -0.712. The highest BCUT2D eigenvalue weighted by Gasteiger charge is 2.07. The van der Waals surface area contributed by atoms with Crippen molar-refractivity contribution in [2.24, 2.45) is 0 Å². The van der Waals surface area contributed by atoms with Crippen LogP contribution in [-0.4, -0.2) is 29.1 Å². The summed E-state index contributed by atoms with van der Waals surface area (Å²) in [5.41, 5.74) is 5.05. The number of amides is 1. The van der Waals surface area contributed by atoms with Crippen LogP contribution in [0.1, 0.15) is 10.4 Å². The predicted molar refractivity (Wildman–Crippen MR) is 71.0 cm³/mol. The van der Waals surface area contributed by atoms with Gasteiger partial charge in [0.1, 0.15) is 12.4 Å². The Labute approximate surface area is 123 Å². The van der Waals surface area contributed by atoms with Crippen molar-refractivity contribution in [2.45, 2.75) is 6.43 Å². The Morgan fingerprint density at radius 1 is 1.14 bits per heavy atom. The van der Waals surface area contributed by atoms with Crippen LogP contribution in [0.25, 0.3) is 0 Å². The van der Waals surface area contributed by atoms with Gasteiger partial charge >= 0.3 is 0 Å². The van der Waals surface area contributed by atoms with Crippen LogP contribution in [-0.2, 0) is 0 Å². The number of benzene rings is 1. The van der Waals surface area contributed by atoms with Gasteiger partial charge in [0.25, 0.3) is 12.3 Å². The monoisotopic (exact) mass is 312 g/mol. The smallest absolute Gasteiger partial charge is 0.272 e. The summed E-state index contributed by atoms with van der Waals surface area (Å²) in [5, 5.41) is 6.62. The lowest BCUT2D eigenvalue weighted by molar-refractivity contribution is 0.0818. The van der Waals surface area contributed by atoms with Gasteiger partial charge < -0.3 is 4.74 Å². The third-order valence-corrected chi connectivity index (χ3v) is 2.43. The first-order valence-electron chi connectivity index (χ1n) is 6.11. The van der Waals surface area contributed by atoms with Gasteiger partial charge in [-0.25, -0.2) is 8.78 Å². The summed E-state index contributed by atoms with van der Waals surface area (Å²) in [7, 11) is 0. The molecule has 1 heterocycles. The van der Waals surface area contributed by atoms with Crippen LogP contribution < -0.4 is 15.6 Å². The second-order valence-electron chi connectivity index (χ2n) is 4.05. The van der Waals surface area contributed by atoms with E-state index in [1.54, 1.807) is 0 Å². The van der Waals surface area contributed by atoms with Crippen molar-refractivity contribution in [3.05, 3.63) is 47.9 Å². The highest BCUT2D eigenvalue weighted by atomic mass is 19.3. The quantitative estimate of drug-likeness (QED) is 0.798. The van der Waals surface area contributed by atoms with E-state index in [0.717, 1.165) is 6.07 Å². The molecule has 0 radical (unpaired) electrons. The number of hydrogen-bond donors (Lipinski definition) is 2. The average molecular weight is 312 g/mol. The van der Waals surface area contributed by atoms with Gasteiger partial charge in [0.2, 0.25) is 5.95 Å². The topological polar surface area (TPSA) is 76.1 Å². The van der Waals surface area contributed by atoms with E-state index in [4.69, 9.17) is 4.74 Å². The van der Waals surface area contributed by atoms with E-state index in [1.807, 2.05) is 0 Å². The molecule has 0 bridgehead atoms. The largest absolute Gasteiger partial charge is 0.488 e. The Hall–Kier alpha value is -2.84. The molecule has 1 amide bonds. The summed E-state index contributed by atoms with van der Waals surface area (Å²) >= 11 is 0. The lowest BCUT2D eigenvalue weighted by Crippen LogP contribution is -2.29. The van der Waals surface area contributed by atoms with Crippen LogP contribution in [0.5, 0.6) is 5.75 Å². The summed E-state index contributed by atoms with van der Waals surface area (Å²) in [6.07, 6.45) is -2.57. The van der Waals surface area contributed by atoms with Crippen molar-refractivity contribution in [1.29, 1.82) is 0 Å². The Morgan fingerprint density at radius 3 is 2.45 bits per heavy atom. The molecule has 6 nitrogen and oxygen atoms in total. The number of nitrogens with zero attached hydrogens (tertiary/aromatic N) is 2. The maximum absolute atomic E-state index is 12.6. The fourth-order valence-corrected chi connectivity index (χ4v) is 1.44. The highest BCUT2D eigenvalue weighted by molar-refractivity contribution is 5.94. The van der Waals surface area contributed by atoms with Gasteiger partial charge in [-0.1, -0.05) is 0 Å². The second kappa shape index (κ2) is 7.25. The van der Waals surface area contributed by atoms with Crippen LogP contribution in [0, 0.1) is 5.95 Å². The molecule has 0 fully saturated rings. The second-order valence-corrected chi connectivity index (χ2v) is 4.05. The first-order chi connectivity index (χ1) is 10.5. The predicted octanol–water partition coefficient (Wildman–Crippen LogP) is 2.02. The van der Waals surface area contributed by atoms with E-state index < -0.39 is 24.9 Å². The van der Waals surface area contributed by atoms with Crippen molar-refractivity contribution in [3.8, 4) is 5.75 Å². The molecule has 2 aromatic rings. The third kappa shape index (κ3) is 4.62. The lowest BCUT2D eigenvalue weighted by Gasteiger charge is -2.08. The number of carbonyl (C=O) groups excluding carboxylic acids is 1. The van der Waals surface area contributed by atoms with Gasteiger partial charge in [-0.2, -0.15) is 4.39 Å². The average Bonchev–Trinajstić information content (AvgIpc) is 2.52. The van der Waals surface area contributed by atoms with Crippen molar-refractivity contribution in [3.63, 3.8) is 0 Å². The molecule has 0 atom stereocenters. The molecule has 1 aromatic carbocycles. The number of hydrogen-bond acceptors (Lipinski definition) is 5. The number of aromatic nitrogens is 2. The normalized spacial score (nSPS) is 10.4. The number of ether oxygens (including phenoxy) is 1. The molecule has 0 saturated heterocycles. The van der Waals surface area contributed by atoms with Crippen LogP contribution in [0.15, 0.2) is 36.4 Å². The minimum absolute atomic E-state index is 0.159. The number of rotatable bonds is 6. The standard InChI is InChI=1S/C13H11F3N4O2/c14-10(15)7-22-9-3-1-8(2-4-9)13(21)20-19-12-6-5-11(16)17-18-12/h1-6,10H,7H2,(H,18,19)(H,20,21). The molecule has 0 spiro atoms. The SMILES string of the molecule is O=C(NNc1ccc(F)nn1)c1ccc(OCC(F)F)cc1. The maximum Gasteiger partial charge on any atom is 0.272 e. The molecule has 0 unspecified atom stereocenters. The van der Waals surface area contributed by atoms with Gasteiger partial charge in [-0.15, -0.1) is 10.2 Å². The Bertz CT molecular complexity index is 620. The molecule has 9 heteroatoms. The van der Waals surface area contributed by atoms with E-state index in [2.05, 4.69) is 21.0 Å². The van der Waals surface area contributed by atoms with Gasteiger partial charge in [0, 0.05) is 5.56 Å². The maximum atomic E-state index is 12.6. The summed E-state index contributed by atoms with van der Waals surface area (Å²) in [4.78, 5) is 11.8. The molecule has 116 valence electrons. The van der Waals surface area contributed by atoms with E-state index in [9.17, 15) is 18.0 Å². The van der Waals surface area contributed by atoms with Crippen molar-refractivity contribution in [1.82, 2.24) is 15.6 Å². The first-order valence-corrected chi connectivity index (χ1v) is 6.11. The molecule has 2 N–H and O–H groups in total. The molecule has 0 aliphatic rings. The Balaban J connectivity index is 1.88. The number of halogens is 3. The molecule has 0 aliphatic carbocycles. The van der Waals surface area contributed by atoms with Crippen molar-refractivity contribution in [2.75, 3.05) is 12.0 Å². The zero-order valence-electron chi connectivity index (χ0n) is 11.1. The summed E-state index contributed by atoms with van der Waals surface area (Å²) in [5.74, 6) is -0.844. The third-order valence-electron chi connectivity index (χ3n) is 2.43. The molecule has 2 rings (SSSR count). The molecule has 0 aliphatic heterocycles. The van der Waals surface area contributed by atoms with E-state index in [1.165, 1.54) is 30.3 Å². The van der Waals surface area contributed by atoms with Crippen LogP contribution in [0.3, 0.4) is 0 Å². The van der Waals surface area contributed by atoms with Crippen LogP contribution >= 0.6 is 0 Å². The highest BCUT2D eigenvalue weighted by Crippen LogP contribution is 2.13. The summed E-state index contributed by atoms with van der Waals surface area (Å²) in [6, 6.07) is 7.99. The summed E-state index contributed by atoms with van der Waals surface area (Å²) < 4.78 is 41.3. The molecule has 1 aromatic heterocycles. The van der Waals surface area contributed by atoms with Crippen LogP contribution in [0.4, 0.5) is 19.0 Å². The number of carbonyl (C=O) groups is 1. The molecule has 22 heavy (non-hydrogen) atoms. The zero-order valence-corrected chi connectivity index (χ0v) is 11.1. The fourth-order valence-electron chi connectivity index (χ4n) is 1.44. The van der Waals surface area contributed by atoms with E-state index in [-0.39, 0.29) is 17.1 Å². The minimum atomic E-state index is -2.57. The fraction of sp³-hybridized carbons (Fsp3) is 0.154. The van der Waals surface area contributed by atoms with Gasteiger partial charge in [-0.3, -0.25) is 15.6 Å². The van der Waals surface area contributed by atoms with Gasteiger partial charge in [0.15, 0.2) is 5.82 Å². The van der Waals surface area contributed by atoms with E-state index in [0.29, 0.717) is 0 Å². The first kappa shape index (κ1) is 15.5. The zero-order chi connectivity index (χ0) is 15.9. The Kier molecular flexibility index (Phi) is 5.12. The molecular formula is C13H11F3N4O2. The number of alkyl halides is 2. The van der Waals surface area contributed by atoms with E-state index >= 15 is 0 Å². The Morgan fingerprint density at radius 2 is 1.86 bits per heavy atom. The van der Waals surface area contributed by atoms with Crippen LogP contribution in [0.2, 0.25) is 0 Å². The number of anilines is 1. The minimum Gasteiger partial charge on any atom is -0.488 e. The van der Waals surface area contributed by atoms with Crippen molar-refractivity contribution >= 4 is 11.7 Å². The molecular weight excluding hydrogens is 301 g/mol. The van der Waals surface area contributed by atoms with Gasteiger partial charge in [-0.05, 0) is 36.4 Å². The molecule has 0 saturated carbocycles. The number of hydrazine groups is 1. The van der Waals surface area contributed by atoms with Crippen molar-refractivity contribution < 1.29 is 22.7 Å². The lowest BCUT2D eigenvalue weighted by atomic mass is 10.2. The number of nitrogens with one attached hydrogen (secondary N) is 2. The van der Waals surface area contributed by atoms with Gasteiger partial charge in [0.05, 0.1) is 0 Å².